The molecule has 0 bridgehead atoms. The Labute approximate surface area is 194 Å². The van der Waals surface area contributed by atoms with Gasteiger partial charge in [0.25, 0.3) is 0 Å². The van der Waals surface area contributed by atoms with Gasteiger partial charge in [0, 0.05) is 25.9 Å². The van der Waals surface area contributed by atoms with Gasteiger partial charge in [-0.1, -0.05) is 117 Å². The summed E-state index contributed by atoms with van der Waals surface area (Å²) >= 11 is 0. The predicted molar refractivity (Wildman–Crippen MR) is 134 cm³/mol. The molecule has 2 amide bonds. The Kier molecular flexibility index (Phi) is 24.3. The largest absolute Gasteiger partial charge is 0.356 e. The van der Waals surface area contributed by atoms with Crippen molar-refractivity contribution in [1.82, 2.24) is 10.6 Å². The topological polar surface area (TPSA) is 58.2 Å². The van der Waals surface area contributed by atoms with Crippen molar-refractivity contribution in [3.05, 3.63) is 0 Å². The van der Waals surface area contributed by atoms with Crippen molar-refractivity contribution in [2.24, 2.45) is 0 Å². The number of hydrogen-bond donors (Lipinski definition) is 2. The molecule has 4 nitrogen and oxygen atoms in total. The minimum atomic E-state index is 0.156. The van der Waals surface area contributed by atoms with Crippen molar-refractivity contribution in [1.29, 1.82) is 0 Å². The molecule has 4 heteroatoms. The molecule has 0 fully saturated rings. The van der Waals surface area contributed by atoms with E-state index in [0.29, 0.717) is 25.9 Å². The zero-order valence-electron chi connectivity index (χ0n) is 21.1. The molecule has 0 aliphatic heterocycles. The quantitative estimate of drug-likeness (QED) is 0.154. The van der Waals surface area contributed by atoms with E-state index < -0.39 is 0 Å². The Bertz CT molecular complexity index is 363. The van der Waals surface area contributed by atoms with E-state index in [1.54, 1.807) is 0 Å². The van der Waals surface area contributed by atoms with Crippen LogP contribution >= 0.6 is 0 Å². The van der Waals surface area contributed by atoms with Gasteiger partial charge in [0.15, 0.2) is 0 Å². The van der Waals surface area contributed by atoms with E-state index in [0.717, 1.165) is 32.1 Å². The molecule has 0 aromatic rings. The van der Waals surface area contributed by atoms with Gasteiger partial charge in [0.05, 0.1) is 0 Å². The zero-order chi connectivity index (χ0) is 22.8. The third-order valence-electron chi connectivity index (χ3n) is 6.01. The second-order valence-electron chi connectivity index (χ2n) is 9.21. The fourth-order valence-corrected chi connectivity index (χ4v) is 3.91. The standard InChI is InChI=1S/C27H54N2O2/c1-3-5-7-9-11-13-15-17-19-22-26(30)28-24-21-25-29-27(31)23-20-18-16-14-12-10-8-6-4-2/h3-25H2,1-2H3,(H,28,30)(H,29,31). The fraction of sp³-hybridized carbons (Fsp3) is 0.926. The summed E-state index contributed by atoms with van der Waals surface area (Å²) in [6, 6.07) is 0. The van der Waals surface area contributed by atoms with Crippen LogP contribution in [0.3, 0.4) is 0 Å². The van der Waals surface area contributed by atoms with Crippen molar-refractivity contribution in [3.63, 3.8) is 0 Å². The number of carbonyl (C=O) groups excluding carboxylic acids is 2. The molecule has 0 spiro atoms. The smallest absolute Gasteiger partial charge is 0.219 e. The maximum Gasteiger partial charge on any atom is 0.219 e. The minimum absolute atomic E-state index is 0.156. The zero-order valence-corrected chi connectivity index (χ0v) is 21.1. The van der Waals surface area contributed by atoms with Gasteiger partial charge >= 0.3 is 0 Å². The van der Waals surface area contributed by atoms with Gasteiger partial charge in [0.2, 0.25) is 11.8 Å². The van der Waals surface area contributed by atoms with Gasteiger partial charge in [-0.3, -0.25) is 9.59 Å². The van der Waals surface area contributed by atoms with Crippen LogP contribution in [0.15, 0.2) is 0 Å². The van der Waals surface area contributed by atoms with Crippen LogP contribution in [0.1, 0.15) is 149 Å². The lowest BCUT2D eigenvalue weighted by Gasteiger charge is -2.07. The van der Waals surface area contributed by atoms with Crippen LogP contribution in [0.25, 0.3) is 0 Å². The van der Waals surface area contributed by atoms with Crippen LogP contribution in [0.5, 0.6) is 0 Å². The van der Waals surface area contributed by atoms with E-state index in [1.165, 1.54) is 89.9 Å². The molecule has 0 aromatic heterocycles. The molecule has 2 N–H and O–H groups in total. The summed E-state index contributed by atoms with van der Waals surface area (Å²) in [6.07, 6.45) is 25.0. The molecule has 0 radical (unpaired) electrons. The highest BCUT2D eigenvalue weighted by Gasteiger charge is 2.03. The Morgan fingerprint density at radius 2 is 0.710 bits per heavy atom. The highest BCUT2D eigenvalue weighted by Crippen LogP contribution is 2.11. The average molecular weight is 439 g/mol. The molecule has 31 heavy (non-hydrogen) atoms. The molecule has 0 aliphatic rings. The van der Waals surface area contributed by atoms with E-state index in [2.05, 4.69) is 24.5 Å². The normalized spacial score (nSPS) is 10.9. The average Bonchev–Trinajstić information content (AvgIpc) is 2.76. The predicted octanol–water partition coefficient (Wildman–Crippen LogP) is 7.45. The van der Waals surface area contributed by atoms with Crippen LogP contribution in [-0.2, 0) is 9.59 Å². The second-order valence-corrected chi connectivity index (χ2v) is 9.21. The number of amides is 2. The third-order valence-corrected chi connectivity index (χ3v) is 6.01. The molecular weight excluding hydrogens is 384 g/mol. The Morgan fingerprint density at radius 3 is 1.03 bits per heavy atom. The number of nitrogens with one attached hydrogen (secondary N) is 2. The first kappa shape index (κ1) is 29.9. The van der Waals surface area contributed by atoms with Gasteiger partial charge < -0.3 is 10.6 Å². The monoisotopic (exact) mass is 438 g/mol. The van der Waals surface area contributed by atoms with Gasteiger partial charge in [-0.05, 0) is 19.3 Å². The maximum absolute atomic E-state index is 11.8. The van der Waals surface area contributed by atoms with E-state index in [4.69, 9.17) is 0 Å². The van der Waals surface area contributed by atoms with Crippen molar-refractivity contribution in [3.8, 4) is 0 Å². The molecule has 0 saturated carbocycles. The molecular formula is C27H54N2O2. The van der Waals surface area contributed by atoms with E-state index in [-0.39, 0.29) is 11.8 Å². The van der Waals surface area contributed by atoms with Crippen LogP contribution in [0, 0.1) is 0 Å². The Hall–Kier alpha value is -1.06. The number of unbranched alkanes of at least 4 members (excludes halogenated alkanes) is 16. The van der Waals surface area contributed by atoms with Crippen molar-refractivity contribution in [2.45, 2.75) is 149 Å². The fourth-order valence-electron chi connectivity index (χ4n) is 3.91. The number of hydrogen-bond acceptors (Lipinski definition) is 2. The summed E-state index contributed by atoms with van der Waals surface area (Å²) in [7, 11) is 0. The molecule has 0 aromatic carbocycles. The molecule has 0 atom stereocenters. The van der Waals surface area contributed by atoms with Crippen LogP contribution in [-0.4, -0.2) is 24.9 Å². The van der Waals surface area contributed by atoms with Gasteiger partial charge in [-0.15, -0.1) is 0 Å². The first-order chi connectivity index (χ1) is 15.2. The minimum Gasteiger partial charge on any atom is -0.356 e. The highest BCUT2D eigenvalue weighted by molar-refractivity contribution is 5.76. The summed E-state index contributed by atoms with van der Waals surface area (Å²) in [5, 5.41) is 5.95. The van der Waals surface area contributed by atoms with Crippen molar-refractivity contribution >= 4 is 11.8 Å². The van der Waals surface area contributed by atoms with Crippen molar-refractivity contribution in [2.75, 3.05) is 13.1 Å². The summed E-state index contributed by atoms with van der Waals surface area (Å²) in [5.41, 5.74) is 0. The Morgan fingerprint density at radius 1 is 0.419 bits per heavy atom. The molecule has 0 heterocycles. The lowest BCUT2D eigenvalue weighted by atomic mass is 10.1. The highest BCUT2D eigenvalue weighted by atomic mass is 16.2. The summed E-state index contributed by atoms with van der Waals surface area (Å²) < 4.78 is 0. The first-order valence-electron chi connectivity index (χ1n) is 13.7. The third kappa shape index (κ3) is 25.1. The summed E-state index contributed by atoms with van der Waals surface area (Å²) in [5.74, 6) is 0.313. The van der Waals surface area contributed by atoms with Gasteiger partial charge in [-0.2, -0.15) is 0 Å². The van der Waals surface area contributed by atoms with Crippen LogP contribution < -0.4 is 10.6 Å². The van der Waals surface area contributed by atoms with Crippen LogP contribution in [0.2, 0.25) is 0 Å². The first-order valence-corrected chi connectivity index (χ1v) is 13.7. The van der Waals surface area contributed by atoms with E-state index in [9.17, 15) is 9.59 Å². The van der Waals surface area contributed by atoms with E-state index in [1.807, 2.05) is 0 Å². The molecule has 0 saturated heterocycles. The number of carbonyl (C=O) groups is 2. The van der Waals surface area contributed by atoms with Gasteiger partial charge in [-0.25, -0.2) is 0 Å². The number of rotatable bonds is 24. The molecule has 0 aliphatic carbocycles. The maximum atomic E-state index is 11.8. The van der Waals surface area contributed by atoms with Gasteiger partial charge in [0.1, 0.15) is 0 Å². The summed E-state index contributed by atoms with van der Waals surface area (Å²) in [6.45, 7) is 5.82. The Balaban J connectivity index is 3.28. The lowest BCUT2D eigenvalue weighted by molar-refractivity contribution is -0.121. The SMILES string of the molecule is CCCCCCCCCCCC(=O)NCCCNC(=O)CCCCCCCCCCC. The molecule has 0 unspecified atom stereocenters. The second kappa shape index (κ2) is 25.2. The lowest BCUT2D eigenvalue weighted by Crippen LogP contribution is -2.29. The van der Waals surface area contributed by atoms with Crippen LogP contribution in [0.4, 0.5) is 0 Å². The van der Waals surface area contributed by atoms with Crippen molar-refractivity contribution < 1.29 is 9.59 Å². The molecule has 0 rings (SSSR count). The summed E-state index contributed by atoms with van der Waals surface area (Å²) in [4.78, 5) is 23.7. The molecule has 184 valence electrons. The van der Waals surface area contributed by atoms with E-state index >= 15 is 0 Å².